The summed E-state index contributed by atoms with van der Waals surface area (Å²) >= 11 is 1.35. The number of anilines is 1. The molecule has 1 amide bonds. The van der Waals surface area contributed by atoms with Gasteiger partial charge in [0, 0.05) is 17.4 Å². The summed E-state index contributed by atoms with van der Waals surface area (Å²) in [5, 5.41) is 5.17. The molecule has 0 unspecified atom stereocenters. The van der Waals surface area contributed by atoms with E-state index in [9.17, 15) is 13.2 Å². The molecule has 25 heavy (non-hydrogen) atoms. The lowest BCUT2D eigenvalue weighted by Gasteiger charge is -2.06. The zero-order valence-corrected chi connectivity index (χ0v) is 15.5. The first kappa shape index (κ1) is 17.9. The van der Waals surface area contributed by atoms with E-state index in [-0.39, 0.29) is 29.8 Å². The smallest absolute Gasteiger partial charge is 0.226 e. The molecular weight excluding hydrogens is 360 g/mol. The molecular formula is C17H20N2O4S2. The predicted molar refractivity (Wildman–Crippen MR) is 98.7 cm³/mol. The highest BCUT2D eigenvalue weighted by Gasteiger charge is 2.29. The second-order valence-electron chi connectivity index (χ2n) is 6.02. The SMILES string of the molecule is CCOc1ccc(-c2csc(NC(=O)C[C@H]3CCS(=O)(=O)C3)n2)cc1. The number of nitrogens with zero attached hydrogens (tertiary/aromatic N) is 1. The Hall–Kier alpha value is -1.93. The first-order valence-corrected chi connectivity index (χ1v) is 10.8. The Kier molecular flexibility index (Phi) is 5.39. The van der Waals surface area contributed by atoms with E-state index < -0.39 is 9.84 Å². The quantitative estimate of drug-likeness (QED) is 0.833. The van der Waals surface area contributed by atoms with Gasteiger partial charge >= 0.3 is 0 Å². The predicted octanol–water partition coefficient (Wildman–Crippen LogP) is 2.97. The number of amides is 1. The molecule has 6 nitrogen and oxygen atoms in total. The molecule has 0 radical (unpaired) electrons. The van der Waals surface area contributed by atoms with Gasteiger partial charge in [-0.25, -0.2) is 13.4 Å². The van der Waals surface area contributed by atoms with Gasteiger partial charge in [-0.3, -0.25) is 4.79 Å². The lowest BCUT2D eigenvalue weighted by Crippen LogP contribution is -2.17. The zero-order chi connectivity index (χ0) is 17.9. The third-order valence-electron chi connectivity index (χ3n) is 4.01. The summed E-state index contributed by atoms with van der Waals surface area (Å²) in [5.74, 6) is 0.826. The highest BCUT2D eigenvalue weighted by atomic mass is 32.2. The van der Waals surface area contributed by atoms with E-state index in [0.29, 0.717) is 18.2 Å². The molecule has 1 aliphatic heterocycles. The van der Waals surface area contributed by atoms with E-state index in [1.807, 2.05) is 36.6 Å². The van der Waals surface area contributed by atoms with E-state index in [0.717, 1.165) is 17.0 Å². The topological polar surface area (TPSA) is 85.4 Å². The molecule has 1 saturated heterocycles. The Bertz CT molecular complexity index is 844. The summed E-state index contributed by atoms with van der Waals surface area (Å²) in [4.78, 5) is 16.5. The molecule has 8 heteroatoms. The van der Waals surface area contributed by atoms with Gasteiger partial charge in [-0.1, -0.05) is 0 Å². The molecule has 0 spiro atoms. The number of benzene rings is 1. The van der Waals surface area contributed by atoms with E-state index in [4.69, 9.17) is 4.74 Å². The number of carbonyl (C=O) groups is 1. The summed E-state index contributed by atoms with van der Waals surface area (Å²) in [6.07, 6.45) is 0.780. The number of hydrogen-bond donors (Lipinski definition) is 1. The Morgan fingerprint density at radius 3 is 2.76 bits per heavy atom. The van der Waals surface area contributed by atoms with Crippen molar-refractivity contribution in [2.45, 2.75) is 19.8 Å². The summed E-state index contributed by atoms with van der Waals surface area (Å²) in [6.45, 7) is 2.55. The molecule has 134 valence electrons. The van der Waals surface area contributed by atoms with Crippen LogP contribution in [0.25, 0.3) is 11.3 Å². The fourth-order valence-electron chi connectivity index (χ4n) is 2.82. The standard InChI is InChI=1S/C17H20N2O4S2/c1-2-23-14-5-3-13(4-6-14)15-10-24-17(18-15)19-16(20)9-12-7-8-25(21,22)11-12/h3-6,10,12H,2,7-9,11H2,1H3,(H,18,19,20)/t12-/m1/s1. The van der Waals surface area contributed by atoms with Crippen molar-refractivity contribution in [2.24, 2.45) is 5.92 Å². The monoisotopic (exact) mass is 380 g/mol. The minimum absolute atomic E-state index is 0.0875. The number of carbonyl (C=O) groups excluding carboxylic acids is 1. The lowest BCUT2D eigenvalue weighted by molar-refractivity contribution is -0.116. The van der Waals surface area contributed by atoms with Gasteiger partial charge in [-0.15, -0.1) is 11.3 Å². The van der Waals surface area contributed by atoms with Crippen LogP contribution in [0, 0.1) is 5.92 Å². The van der Waals surface area contributed by atoms with Crippen LogP contribution in [-0.2, 0) is 14.6 Å². The van der Waals surface area contributed by atoms with Gasteiger partial charge in [0.25, 0.3) is 0 Å². The van der Waals surface area contributed by atoms with E-state index >= 15 is 0 Å². The van der Waals surface area contributed by atoms with Crippen LogP contribution < -0.4 is 10.1 Å². The van der Waals surface area contributed by atoms with Crippen molar-refractivity contribution in [3.63, 3.8) is 0 Å². The molecule has 0 bridgehead atoms. The van der Waals surface area contributed by atoms with Crippen LogP contribution in [0.1, 0.15) is 19.8 Å². The number of nitrogens with one attached hydrogen (secondary N) is 1. The van der Waals surface area contributed by atoms with Crippen molar-refractivity contribution < 1.29 is 17.9 Å². The van der Waals surface area contributed by atoms with Crippen molar-refractivity contribution in [3.8, 4) is 17.0 Å². The van der Waals surface area contributed by atoms with E-state index in [1.54, 1.807) is 0 Å². The molecule has 1 aromatic heterocycles. The molecule has 2 heterocycles. The molecule has 0 saturated carbocycles. The average molecular weight is 380 g/mol. The normalized spacial score (nSPS) is 18.8. The number of hydrogen-bond acceptors (Lipinski definition) is 6. The van der Waals surface area contributed by atoms with E-state index in [2.05, 4.69) is 10.3 Å². The molecule has 2 aromatic rings. The van der Waals surface area contributed by atoms with Gasteiger partial charge in [-0.05, 0) is 43.5 Å². The Balaban J connectivity index is 1.58. The largest absolute Gasteiger partial charge is 0.494 e. The molecule has 1 N–H and O–H groups in total. The van der Waals surface area contributed by atoms with Crippen LogP contribution in [0.5, 0.6) is 5.75 Å². The van der Waals surface area contributed by atoms with Gasteiger partial charge < -0.3 is 10.1 Å². The summed E-state index contributed by atoms with van der Waals surface area (Å²) in [7, 11) is -2.96. The maximum absolute atomic E-state index is 12.1. The van der Waals surface area contributed by atoms with Gasteiger partial charge in [0.2, 0.25) is 5.91 Å². The first-order chi connectivity index (χ1) is 11.9. The Morgan fingerprint density at radius 1 is 1.36 bits per heavy atom. The van der Waals surface area contributed by atoms with Crippen molar-refractivity contribution in [1.82, 2.24) is 4.98 Å². The van der Waals surface area contributed by atoms with Crippen molar-refractivity contribution in [3.05, 3.63) is 29.6 Å². The van der Waals surface area contributed by atoms with Gasteiger partial charge in [0.05, 0.1) is 23.8 Å². The molecule has 0 aliphatic carbocycles. The molecule has 1 fully saturated rings. The minimum atomic E-state index is -2.96. The maximum Gasteiger partial charge on any atom is 0.226 e. The fourth-order valence-corrected chi connectivity index (χ4v) is 5.42. The average Bonchev–Trinajstić information content (AvgIpc) is 3.15. The van der Waals surface area contributed by atoms with Crippen LogP contribution in [-0.4, -0.2) is 37.4 Å². The Labute approximate surface area is 151 Å². The number of aromatic nitrogens is 1. The summed E-state index contributed by atoms with van der Waals surface area (Å²) in [6, 6.07) is 7.62. The van der Waals surface area contributed by atoms with Crippen molar-refractivity contribution in [1.29, 1.82) is 0 Å². The van der Waals surface area contributed by atoms with Gasteiger partial charge in [0.15, 0.2) is 15.0 Å². The zero-order valence-electron chi connectivity index (χ0n) is 13.9. The number of rotatable bonds is 6. The maximum atomic E-state index is 12.1. The second kappa shape index (κ2) is 7.53. The van der Waals surface area contributed by atoms with Crippen molar-refractivity contribution >= 4 is 32.2 Å². The highest BCUT2D eigenvalue weighted by molar-refractivity contribution is 7.91. The van der Waals surface area contributed by atoms with Gasteiger partial charge in [0.1, 0.15) is 5.75 Å². The second-order valence-corrected chi connectivity index (χ2v) is 9.10. The highest BCUT2D eigenvalue weighted by Crippen LogP contribution is 2.27. The van der Waals surface area contributed by atoms with Crippen LogP contribution in [0.4, 0.5) is 5.13 Å². The summed E-state index contributed by atoms with van der Waals surface area (Å²) in [5.41, 5.74) is 1.73. The van der Waals surface area contributed by atoms with Gasteiger partial charge in [-0.2, -0.15) is 0 Å². The van der Waals surface area contributed by atoms with Crippen LogP contribution in [0.3, 0.4) is 0 Å². The first-order valence-electron chi connectivity index (χ1n) is 8.14. The molecule has 1 aliphatic rings. The molecule has 1 atom stereocenters. The Morgan fingerprint density at radius 2 is 2.12 bits per heavy atom. The number of thiazole rings is 1. The van der Waals surface area contributed by atoms with Crippen LogP contribution >= 0.6 is 11.3 Å². The number of ether oxygens (including phenoxy) is 1. The lowest BCUT2D eigenvalue weighted by atomic mass is 10.1. The van der Waals surface area contributed by atoms with Crippen molar-refractivity contribution in [2.75, 3.05) is 23.4 Å². The third kappa shape index (κ3) is 4.79. The van der Waals surface area contributed by atoms with E-state index in [1.165, 1.54) is 11.3 Å². The summed E-state index contributed by atoms with van der Waals surface area (Å²) < 4.78 is 28.3. The van der Waals surface area contributed by atoms with Crippen LogP contribution in [0.2, 0.25) is 0 Å². The molecule has 1 aromatic carbocycles. The minimum Gasteiger partial charge on any atom is -0.494 e. The number of sulfone groups is 1. The fraction of sp³-hybridized carbons (Fsp3) is 0.412. The van der Waals surface area contributed by atoms with Crippen LogP contribution in [0.15, 0.2) is 29.6 Å². The third-order valence-corrected chi connectivity index (χ3v) is 6.61. The molecule has 3 rings (SSSR count).